The Balaban J connectivity index is 1.48. The SMILES string of the molecule is O=C1C[C@H](NCCc2ccccc2)C(=O)N1CCc1ccccc1. The largest absolute Gasteiger partial charge is 0.305 e. The molecule has 4 heteroatoms. The van der Waals surface area contributed by atoms with Crippen molar-refractivity contribution in [3.8, 4) is 0 Å². The number of carbonyl (C=O) groups is 2. The second-order valence-corrected chi connectivity index (χ2v) is 6.07. The highest BCUT2D eigenvalue weighted by Crippen LogP contribution is 2.14. The summed E-state index contributed by atoms with van der Waals surface area (Å²) in [6, 6.07) is 19.7. The van der Waals surface area contributed by atoms with Crippen LogP contribution in [0.15, 0.2) is 60.7 Å². The lowest BCUT2D eigenvalue weighted by Gasteiger charge is -2.15. The minimum Gasteiger partial charge on any atom is -0.305 e. The van der Waals surface area contributed by atoms with Crippen LogP contribution in [-0.2, 0) is 22.4 Å². The van der Waals surface area contributed by atoms with Crippen LogP contribution in [0.1, 0.15) is 17.5 Å². The van der Waals surface area contributed by atoms with Gasteiger partial charge in [-0.15, -0.1) is 0 Å². The standard InChI is InChI=1S/C20H22N2O2/c23-19-15-18(21-13-11-16-7-3-1-4-8-16)20(24)22(19)14-12-17-9-5-2-6-10-17/h1-10,18,21H,11-15H2/t18-/m0/s1. The summed E-state index contributed by atoms with van der Waals surface area (Å²) in [6.45, 7) is 1.15. The van der Waals surface area contributed by atoms with E-state index >= 15 is 0 Å². The summed E-state index contributed by atoms with van der Waals surface area (Å²) in [7, 11) is 0. The molecule has 0 aliphatic carbocycles. The Bertz CT molecular complexity index is 685. The van der Waals surface area contributed by atoms with Crippen LogP contribution in [0, 0.1) is 0 Å². The molecule has 2 aromatic rings. The first-order valence-corrected chi connectivity index (χ1v) is 8.39. The van der Waals surface area contributed by atoms with Gasteiger partial charge in [-0.1, -0.05) is 60.7 Å². The van der Waals surface area contributed by atoms with Crippen LogP contribution in [0.4, 0.5) is 0 Å². The van der Waals surface area contributed by atoms with Gasteiger partial charge in [0, 0.05) is 6.54 Å². The number of rotatable bonds is 7. The van der Waals surface area contributed by atoms with Gasteiger partial charge in [0.05, 0.1) is 12.5 Å². The van der Waals surface area contributed by atoms with E-state index in [0.717, 1.165) is 12.0 Å². The minimum atomic E-state index is -0.378. The van der Waals surface area contributed by atoms with E-state index in [1.807, 2.05) is 48.5 Å². The first-order valence-electron chi connectivity index (χ1n) is 8.39. The highest BCUT2D eigenvalue weighted by molar-refractivity contribution is 6.05. The van der Waals surface area contributed by atoms with Crippen LogP contribution in [0.5, 0.6) is 0 Å². The lowest BCUT2D eigenvalue weighted by Crippen LogP contribution is -2.40. The summed E-state index contributed by atoms with van der Waals surface area (Å²) in [5, 5.41) is 3.23. The Labute approximate surface area is 142 Å². The second-order valence-electron chi connectivity index (χ2n) is 6.07. The number of likely N-dealkylation sites (tertiary alicyclic amines) is 1. The fourth-order valence-electron chi connectivity index (χ4n) is 3.00. The topological polar surface area (TPSA) is 49.4 Å². The first-order chi connectivity index (χ1) is 11.7. The van der Waals surface area contributed by atoms with Gasteiger partial charge in [-0.05, 0) is 30.5 Å². The Morgan fingerprint density at radius 1 is 0.875 bits per heavy atom. The number of imide groups is 1. The number of benzene rings is 2. The number of hydrogen-bond acceptors (Lipinski definition) is 3. The summed E-state index contributed by atoms with van der Waals surface area (Å²) in [5.41, 5.74) is 2.36. The van der Waals surface area contributed by atoms with Gasteiger partial charge in [0.15, 0.2) is 0 Å². The van der Waals surface area contributed by atoms with Crippen molar-refractivity contribution in [2.75, 3.05) is 13.1 Å². The van der Waals surface area contributed by atoms with E-state index in [4.69, 9.17) is 0 Å². The molecule has 1 N–H and O–H groups in total. The molecule has 1 atom stereocenters. The maximum Gasteiger partial charge on any atom is 0.246 e. The van der Waals surface area contributed by atoms with Gasteiger partial charge in [-0.2, -0.15) is 0 Å². The molecular weight excluding hydrogens is 300 g/mol. The molecule has 24 heavy (non-hydrogen) atoms. The number of hydrogen-bond donors (Lipinski definition) is 1. The van der Waals surface area contributed by atoms with Crippen molar-refractivity contribution in [1.29, 1.82) is 0 Å². The maximum atomic E-state index is 12.4. The van der Waals surface area contributed by atoms with Gasteiger partial charge in [-0.25, -0.2) is 0 Å². The van der Waals surface area contributed by atoms with E-state index in [-0.39, 0.29) is 24.3 Å². The molecule has 1 heterocycles. The van der Waals surface area contributed by atoms with E-state index in [1.165, 1.54) is 10.5 Å². The van der Waals surface area contributed by atoms with Crippen molar-refractivity contribution in [2.45, 2.75) is 25.3 Å². The zero-order valence-corrected chi connectivity index (χ0v) is 13.7. The summed E-state index contributed by atoms with van der Waals surface area (Å²) >= 11 is 0. The fraction of sp³-hybridized carbons (Fsp3) is 0.300. The van der Waals surface area contributed by atoms with Crippen LogP contribution < -0.4 is 5.32 Å². The molecule has 3 rings (SSSR count). The molecule has 1 saturated heterocycles. The van der Waals surface area contributed by atoms with E-state index in [0.29, 0.717) is 19.5 Å². The second kappa shape index (κ2) is 7.88. The third-order valence-corrected chi connectivity index (χ3v) is 4.36. The quantitative estimate of drug-likeness (QED) is 0.795. The number of carbonyl (C=O) groups excluding carboxylic acids is 2. The van der Waals surface area contributed by atoms with Crippen molar-refractivity contribution >= 4 is 11.8 Å². The van der Waals surface area contributed by atoms with Crippen molar-refractivity contribution < 1.29 is 9.59 Å². The van der Waals surface area contributed by atoms with Crippen LogP contribution in [0.3, 0.4) is 0 Å². The van der Waals surface area contributed by atoms with E-state index in [9.17, 15) is 9.59 Å². The average Bonchev–Trinajstić information content (AvgIpc) is 2.89. The molecule has 4 nitrogen and oxygen atoms in total. The van der Waals surface area contributed by atoms with Gasteiger partial charge < -0.3 is 5.32 Å². The predicted octanol–water partition coefficient (Wildman–Crippen LogP) is 2.19. The lowest BCUT2D eigenvalue weighted by molar-refractivity contribution is -0.138. The third-order valence-electron chi connectivity index (χ3n) is 4.36. The molecule has 2 amide bonds. The molecule has 0 radical (unpaired) electrons. The van der Waals surface area contributed by atoms with Crippen LogP contribution in [0.25, 0.3) is 0 Å². The molecule has 0 spiro atoms. The highest BCUT2D eigenvalue weighted by atomic mass is 16.2. The number of amides is 2. The molecule has 2 aromatic carbocycles. The Kier molecular flexibility index (Phi) is 5.39. The average molecular weight is 322 g/mol. The van der Waals surface area contributed by atoms with Gasteiger partial charge in [0.25, 0.3) is 0 Å². The van der Waals surface area contributed by atoms with Crippen molar-refractivity contribution in [1.82, 2.24) is 10.2 Å². The molecule has 0 saturated carbocycles. The van der Waals surface area contributed by atoms with Crippen molar-refractivity contribution in [2.24, 2.45) is 0 Å². The fourth-order valence-corrected chi connectivity index (χ4v) is 3.00. The van der Waals surface area contributed by atoms with Crippen LogP contribution >= 0.6 is 0 Å². The maximum absolute atomic E-state index is 12.4. The third kappa shape index (κ3) is 4.09. The smallest absolute Gasteiger partial charge is 0.246 e. The first kappa shape index (κ1) is 16.4. The molecule has 1 aliphatic heterocycles. The van der Waals surface area contributed by atoms with Crippen LogP contribution in [0.2, 0.25) is 0 Å². The Morgan fingerprint density at radius 3 is 2.08 bits per heavy atom. The van der Waals surface area contributed by atoms with Crippen molar-refractivity contribution in [3.63, 3.8) is 0 Å². The monoisotopic (exact) mass is 322 g/mol. The zero-order valence-electron chi connectivity index (χ0n) is 13.7. The number of nitrogens with one attached hydrogen (secondary N) is 1. The number of nitrogens with zero attached hydrogens (tertiary/aromatic N) is 1. The van der Waals surface area contributed by atoms with Gasteiger partial charge in [0.2, 0.25) is 11.8 Å². The molecular formula is C20H22N2O2. The summed E-state index contributed by atoms with van der Waals surface area (Å²) in [4.78, 5) is 25.9. The summed E-state index contributed by atoms with van der Waals surface area (Å²) < 4.78 is 0. The van der Waals surface area contributed by atoms with Gasteiger partial charge >= 0.3 is 0 Å². The van der Waals surface area contributed by atoms with E-state index in [2.05, 4.69) is 17.4 Å². The van der Waals surface area contributed by atoms with Gasteiger partial charge in [0.1, 0.15) is 0 Å². The van der Waals surface area contributed by atoms with E-state index < -0.39 is 0 Å². The predicted molar refractivity (Wildman–Crippen MR) is 93.4 cm³/mol. The van der Waals surface area contributed by atoms with Crippen LogP contribution in [-0.4, -0.2) is 35.8 Å². The van der Waals surface area contributed by atoms with Gasteiger partial charge in [-0.3, -0.25) is 14.5 Å². The molecule has 0 bridgehead atoms. The lowest BCUT2D eigenvalue weighted by atomic mass is 10.1. The molecule has 124 valence electrons. The zero-order chi connectivity index (χ0) is 16.8. The molecule has 1 fully saturated rings. The summed E-state index contributed by atoms with van der Waals surface area (Å²) in [5.74, 6) is -0.169. The Morgan fingerprint density at radius 2 is 1.46 bits per heavy atom. The van der Waals surface area contributed by atoms with E-state index in [1.54, 1.807) is 0 Å². The Hall–Kier alpha value is -2.46. The summed E-state index contributed by atoms with van der Waals surface area (Å²) in [6.07, 6.45) is 1.82. The highest BCUT2D eigenvalue weighted by Gasteiger charge is 2.37. The normalized spacial score (nSPS) is 17.5. The molecule has 1 aliphatic rings. The molecule has 0 aromatic heterocycles. The molecule has 0 unspecified atom stereocenters. The van der Waals surface area contributed by atoms with Crippen molar-refractivity contribution in [3.05, 3.63) is 71.8 Å². The minimum absolute atomic E-state index is 0.0758.